The van der Waals surface area contributed by atoms with Gasteiger partial charge >= 0.3 is 5.91 Å². The number of anilines is 1. The number of fused-ring (bicyclic) bond motifs is 1. The molecule has 0 aliphatic heterocycles. The fourth-order valence-electron chi connectivity index (χ4n) is 3.90. The molecule has 7 nitrogen and oxygen atoms in total. The molecule has 37 heavy (non-hydrogen) atoms. The van der Waals surface area contributed by atoms with E-state index in [2.05, 4.69) is 21.2 Å². The number of nitrogen functional groups attached to an aromatic ring is 1. The fourth-order valence-corrected chi connectivity index (χ4v) is 4.15. The van der Waals surface area contributed by atoms with Crippen LogP contribution in [0.2, 0.25) is 5.02 Å². The molecule has 0 atom stereocenters. The number of furan rings is 1. The summed E-state index contributed by atoms with van der Waals surface area (Å²) in [5.41, 5.74) is 16.4. The minimum Gasteiger partial charge on any atom is -0.430 e. The Morgan fingerprint density at radius 1 is 0.919 bits per heavy atom. The van der Waals surface area contributed by atoms with Crippen molar-refractivity contribution in [2.75, 3.05) is 5.73 Å². The third-order valence-electron chi connectivity index (χ3n) is 5.72. The zero-order valence-electron chi connectivity index (χ0n) is 19.5. The van der Waals surface area contributed by atoms with Gasteiger partial charge in [0.05, 0.1) is 16.8 Å². The minimum atomic E-state index is -0.577. The molecule has 5 rings (SSSR count). The van der Waals surface area contributed by atoms with Crippen LogP contribution >= 0.6 is 23.8 Å². The number of carbonyl (C=O) groups excluding carboxylic acids is 1. The molecule has 0 spiro atoms. The summed E-state index contributed by atoms with van der Waals surface area (Å²) in [6, 6.07) is 28.7. The summed E-state index contributed by atoms with van der Waals surface area (Å²) < 4.78 is 5.89. The summed E-state index contributed by atoms with van der Waals surface area (Å²) in [6.07, 6.45) is 0. The lowest BCUT2D eigenvalue weighted by Crippen LogP contribution is -2.46. The van der Waals surface area contributed by atoms with E-state index < -0.39 is 5.91 Å². The van der Waals surface area contributed by atoms with Gasteiger partial charge in [0.25, 0.3) is 0 Å². The predicted octanol–water partition coefficient (Wildman–Crippen LogP) is 5.71. The number of halogens is 1. The van der Waals surface area contributed by atoms with Crippen molar-refractivity contribution in [1.29, 1.82) is 0 Å². The van der Waals surface area contributed by atoms with Crippen LogP contribution in [0.15, 0.2) is 95.4 Å². The zero-order chi connectivity index (χ0) is 25.8. The molecule has 2 heterocycles. The van der Waals surface area contributed by atoms with E-state index in [4.69, 9.17) is 34.0 Å². The third kappa shape index (κ3) is 5.40. The molecule has 0 unspecified atom stereocenters. The van der Waals surface area contributed by atoms with E-state index in [1.54, 1.807) is 12.1 Å². The van der Waals surface area contributed by atoms with Gasteiger partial charge in [-0.05, 0) is 47.1 Å². The average Bonchev–Trinajstić information content (AvgIpc) is 3.27. The monoisotopic (exact) mass is 527 g/mol. The van der Waals surface area contributed by atoms with Crippen molar-refractivity contribution in [2.24, 2.45) is 0 Å². The first kappa shape index (κ1) is 24.3. The van der Waals surface area contributed by atoms with Gasteiger partial charge in [0.15, 0.2) is 5.11 Å². The van der Waals surface area contributed by atoms with E-state index >= 15 is 0 Å². The molecule has 0 radical (unpaired) electrons. The first-order valence-corrected chi connectivity index (χ1v) is 12.2. The van der Waals surface area contributed by atoms with Gasteiger partial charge in [-0.25, -0.2) is 4.98 Å². The summed E-state index contributed by atoms with van der Waals surface area (Å²) in [7, 11) is 0. The number of benzene rings is 3. The number of nitrogens with zero attached hydrogens (tertiary/aromatic N) is 1. The number of hydrogen-bond donors (Lipinski definition) is 4. The number of amides is 1. The van der Waals surface area contributed by atoms with Gasteiger partial charge in [-0.2, -0.15) is 0 Å². The van der Waals surface area contributed by atoms with Crippen molar-refractivity contribution in [3.8, 4) is 22.4 Å². The van der Waals surface area contributed by atoms with Crippen LogP contribution in [0, 0.1) is 0 Å². The summed E-state index contributed by atoms with van der Waals surface area (Å²) in [4.78, 5) is 17.6. The second-order valence-electron chi connectivity index (χ2n) is 8.20. The lowest BCUT2D eigenvalue weighted by atomic mass is 9.99. The quantitative estimate of drug-likeness (QED) is 0.171. The lowest BCUT2D eigenvalue weighted by Gasteiger charge is -2.11. The smallest absolute Gasteiger partial charge is 0.307 e. The second-order valence-corrected chi connectivity index (χ2v) is 9.05. The number of rotatable bonds is 5. The molecule has 0 saturated heterocycles. The number of pyridine rings is 1. The minimum absolute atomic E-state index is 0.0636. The molecule has 184 valence electrons. The first-order valence-electron chi connectivity index (χ1n) is 11.4. The van der Waals surface area contributed by atoms with Gasteiger partial charge in [-0.3, -0.25) is 15.6 Å². The second kappa shape index (κ2) is 10.7. The van der Waals surface area contributed by atoms with Gasteiger partial charge in [0.1, 0.15) is 0 Å². The molecule has 2 aromatic heterocycles. The predicted molar refractivity (Wildman–Crippen MR) is 151 cm³/mol. The van der Waals surface area contributed by atoms with Gasteiger partial charge in [-0.1, -0.05) is 84.4 Å². The molecular formula is C28H22ClN5O2S. The van der Waals surface area contributed by atoms with Gasteiger partial charge in [0.2, 0.25) is 11.5 Å². The Morgan fingerprint density at radius 2 is 1.59 bits per heavy atom. The molecule has 1 amide bonds. The maximum Gasteiger partial charge on any atom is 0.307 e. The van der Waals surface area contributed by atoms with Crippen molar-refractivity contribution < 1.29 is 9.21 Å². The van der Waals surface area contributed by atoms with Crippen LogP contribution in [0.25, 0.3) is 33.5 Å². The molecule has 0 fully saturated rings. The Morgan fingerprint density at radius 3 is 2.30 bits per heavy atom. The highest BCUT2D eigenvalue weighted by Gasteiger charge is 2.23. The topological polar surface area (TPSA) is 105 Å². The van der Waals surface area contributed by atoms with E-state index in [0.717, 1.165) is 22.3 Å². The summed E-state index contributed by atoms with van der Waals surface area (Å²) in [5.74, 6) is -0.641. The Bertz CT molecular complexity index is 1570. The average molecular weight is 528 g/mol. The van der Waals surface area contributed by atoms with E-state index in [9.17, 15) is 4.79 Å². The van der Waals surface area contributed by atoms with Gasteiger partial charge in [0, 0.05) is 17.1 Å². The van der Waals surface area contributed by atoms with Crippen molar-refractivity contribution >= 4 is 51.6 Å². The standard InChI is InChI=1S/C28H22ClN5O2S/c29-20-13-11-19(12-14-20)22-15-21(18-9-5-2-6-10-18)23-24(30)25(36-27(23)32-22)26(35)33-34-28(37)31-16-17-7-3-1-4-8-17/h1-15H,16,30H2,(H,33,35)(H2,31,34,37). The SMILES string of the molecule is Nc1c(C(=O)NNC(=S)NCc2ccccc2)oc2nc(-c3ccc(Cl)cc3)cc(-c3ccccc3)c12. The maximum atomic E-state index is 13.0. The molecule has 5 aromatic rings. The molecule has 0 saturated carbocycles. The van der Waals surface area contributed by atoms with Crippen LogP contribution in [-0.2, 0) is 6.54 Å². The van der Waals surface area contributed by atoms with E-state index in [0.29, 0.717) is 22.6 Å². The van der Waals surface area contributed by atoms with Crippen LogP contribution < -0.4 is 21.9 Å². The normalized spacial score (nSPS) is 10.7. The fraction of sp³-hybridized carbons (Fsp3) is 0.0357. The summed E-state index contributed by atoms with van der Waals surface area (Å²) >= 11 is 11.3. The van der Waals surface area contributed by atoms with Crippen molar-refractivity contribution in [3.63, 3.8) is 0 Å². The van der Waals surface area contributed by atoms with Crippen molar-refractivity contribution in [2.45, 2.75) is 6.54 Å². The molecular weight excluding hydrogens is 506 g/mol. The van der Waals surface area contributed by atoms with Crippen LogP contribution in [-0.4, -0.2) is 16.0 Å². The Kier molecular flexibility index (Phi) is 7.02. The van der Waals surface area contributed by atoms with Crippen LogP contribution in [0.4, 0.5) is 5.69 Å². The molecule has 0 bridgehead atoms. The van der Waals surface area contributed by atoms with Crippen molar-refractivity contribution in [1.82, 2.24) is 21.2 Å². The Labute approximate surface area is 223 Å². The molecule has 3 aromatic carbocycles. The van der Waals surface area contributed by atoms with E-state index in [1.807, 2.05) is 78.9 Å². The number of hydrazine groups is 1. The maximum absolute atomic E-state index is 13.0. The highest BCUT2D eigenvalue weighted by atomic mass is 35.5. The van der Waals surface area contributed by atoms with Crippen LogP contribution in [0.5, 0.6) is 0 Å². The van der Waals surface area contributed by atoms with E-state index in [1.165, 1.54) is 0 Å². The Hall–Kier alpha value is -4.40. The largest absolute Gasteiger partial charge is 0.430 e. The number of nitrogens with one attached hydrogen (secondary N) is 3. The number of aromatic nitrogens is 1. The first-order chi connectivity index (χ1) is 18.0. The number of nitrogens with two attached hydrogens (primary N) is 1. The van der Waals surface area contributed by atoms with E-state index in [-0.39, 0.29) is 22.3 Å². The molecule has 0 aliphatic rings. The number of hydrogen-bond acceptors (Lipinski definition) is 5. The number of carbonyl (C=O) groups is 1. The lowest BCUT2D eigenvalue weighted by molar-refractivity contribution is 0.0919. The summed E-state index contributed by atoms with van der Waals surface area (Å²) in [6.45, 7) is 0.507. The van der Waals surface area contributed by atoms with Gasteiger partial charge in [-0.15, -0.1) is 0 Å². The van der Waals surface area contributed by atoms with Crippen LogP contribution in [0.1, 0.15) is 16.1 Å². The highest BCUT2D eigenvalue weighted by Crippen LogP contribution is 2.38. The molecule has 9 heteroatoms. The van der Waals surface area contributed by atoms with Crippen molar-refractivity contribution in [3.05, 3.63) is 107 Å². The van der Waals surface area contributed by atoms with Gasteiger partial charge < -0.3 is 15.5 Å². The Balaban J connectivity index is 1.43. The molecule has 0 aliphatic carbocycles. The molecule has 5 N–H and O–H groups in total. The summed E-state index contributed by atoms with van der Waals surface area (Å²) in [5, 5.41) is 4.46. The zero-order valence-corrected chi connectivity index (χ0v) is 21.1. The highest BCUT2D eigenvalue weighted by molar-refractivity contribution is 7.80. The van der Waals surface area contributed by atoms with Crippen LogP contribution in [0.3, 0.4) is 0 Å². The third-order valence-corrected chi connectivity index (χ3v) is 6.21. The number of thiocarbonyl (C=S) groups is 1.